The van der Waals surface area contributed by atoms with Gasteiger partial charge in [-0.15, -0.1) is 0 Å². The lowest BCUT2D eigenvalue weighted by Gasteiger charge is -2.17. The van der Waals surface area contributed by atoms with Gasteiger partial charge in [0.1, 0.15) is 11.9 Å². The number of benzene rings is 1. The molecule has 0 saturated heterocycles. The lowest BCUT2D eigenvalue weighted by molar-refractivity contribution is 0.0174. The number of hydrogen-bond donors (Lipinski definition) is 3. The number of alkyl halides is 1. The molecule has 2 aromatic rings. The third kappa shape index (κ3) is 3.02. The van der Waals surface area contributed by atoms with Crippen LogP contribution in [0.1, 0.15) is 23.9 Å². The summed E-state index contributed by atoms with van der Waals surface area (Å²) in [5.41, 5.74) is 0.843. The number of H-pyrrole nitrogens is 1. The average Bonchev–Trinajstić information content (AvgIpc) is 2.37. The Morgan fingerprint density at radius 3 is 2.84 bits per heavy atom. The quantitative estimate of drug-likeness (QED) is 0.741. The predicted molar refractivity (Wildman–Crippen MR) is 76.5 cm³/mol. The van der Waals surface area contributed by atoms with Crippen LogP contribution in [0, 0.1) is 6.92 Å². The number of nitrogens with one attached hydrogen (secondary N) is 1. The maximum atomic E-state index is 11.8. The molecule has 0 fully saturated rings. The van der Waals surface area contributed by atoms with E-state index >= 15 is 0 Å². The minimum atomic E-state index is -1.01. The van der Waals surface area contributed by atoms with Crippen LogP contribution in [0.5, 0.6) is 0 Å². The fourth-order valence-corrected chi connectivity index (χ4v) is 2.42. The molecule has 0 aliphatic carbocycles. The highest BCUT2D eigenvalue weighted by Gasteiger charge is 2.18. The van der Waals surface area contributed by atoms with E-state index in [1.54, 1.807) is 25.1 Å². The van der Waals surface area contributed by atoms with Crippen LogP contribution >= 0.6 is 15.9 Å². The van der Waals surface area contributed by atoms with Gasteiger partial charge in [-0.1, -0.05) is 22.0 Å². The minimum absolute atomic E-state index is 0.244. The summed E-state index contributed by atoms with van der Waals surface area (Å²) in [5.74, 6) is 0.546. The van der Waals surface area contributed by atoms with Crippen LogP contribution in [0.3, 0.4) is 0 Å². The first kappa shape index (κ1) is 14.2. The van der Waals surface area contributed by atoms with E-state index in [4.69, 9.17) is 0 Å². The molecule has 19 heavy (non-hydrogen) atoms. The largest absolute Gasteiger partial charge is 0.390 e. The molecule has 6 heteroatoms. The Hall–Kier alpha value is -1.24. The summed E-state index contributed by atoms with van der Waals surface area (Å²) < 4.78 is 0. The molecule has 3 N–H and O–H groups in total. The molecule has 0 spiro atoms. The fraction of sp³-hybridized carbons (Fsp3) is 0.385. The van der Waals surface area contributed by atoms with Crippen LogP contribution in [0.4, 0.5) is 0 Å². The molecular weight excluding hydrogens is 312 g/mol. The van der Waals surface area contributed by atoms with Crippen LogP contribution < -0.4 is 5.56 Å². The number of aromatic amines is 1. The number of hydrogen-bond acceptors (Lipinski definition) is 4. The molecule has 0 saturated carbocycles. The zero-order valence-electron chi connectivity index (χ0n) is 10.4. The lowest BCUT2D eigenvalue weighted by Crippen LogP contribution is -2.19. The van der Waals surface area contributed by atoms with Crippen molar-refractivity contribution in [2.24, 2.45) is 0 Å². The molecule has 1 aromatic carbocycles. The van der Waals surface area contributed by atoms with Crippen LogP contribution in [-0.2, 0) is 0 Å². The topological polar surface area (TPSA) is 86.2 Å². The molecule has 0 bridgehead atoms. The molecule has 0 radical (unpaired) electrons. The van der Waals surface area contributed by atoms with Crippen LogP contribution in [0.2, 0.25) is 0 Å². The van der Waals surface area contributed by atoms with Crippen molar-refractivity contribution in [3.63, 3.8) is 0 Å². The van der Waals surface area contributed by atoms with E-state index in [2.05, 4.69) is 25.9 Å². The maximum absolute atomic E-state index is 11.8. The Morgan fingerprint density at radius 2 is 2.16 bits per heavy atom. The highest BCUT2D eigenvalue weighted by molar-refractivity contribution is 9.09. The monoisotopic (exact) mass is 326 g/mol. The van der Waals surface area contributed by atoms with Crippen molar-refractivity contribution in [2.75, 3.05) is 5.33 Å². The molecule has 1 aromatic heterocycles. The van der Waals surface area contributed by atoms with E-state index in [1.165, 1.54) is 0 Å². The molecule has 2 rings (SSSR count). The average molecular weight is 327 g/mol. The third-order valence-corrected chi connectivity index (χ3v) is 3.42. The normalized spacial score (nSPS) is 14.5. The second-order valence-electron chi connectivity index (χ2n) is 4.42. The van der Waals surface area contributed by atoms with Gasteiger partial charge in [-0.3, -0.25) is 4.79 Å². The van der Waals surface area contributed by atoms with Gasteiger partial charge in [-0.05, 0) is 31.0 Å². The molecular formula is C13H15BrN2O3. The van der Waals surface area contributed by atoms with Gasteiger partial charge in [0.2, 0.25) is 0 Å². The summed E-state index contributed by atoms with van der Waals surface area (Å²) in [6, 6.07) is 4.93. The summed E-state index contributed by atoms with van der Waals surface area (Å²) in [7, 11) is 0. The number of aliphatic hydroxyl groups is 2. The van der Waals surface area contributed by atoms with Crippen molar-refractivity contribution in [1.82, 2.24) is 9.97 Å². The zero-order chi connectivity index (χ0) is 14.0. The second-order valence-corrected chi connectivity index (χ2v) is 5.21. The van der Waals surface area contributed by atoms with Gasteiger partial charge in [0.15, 0.2) is 0 Å². The first-order chi connectivity index (χ1) is 9.02. The van der Waals surface area contributed by atoms with Crippen LogP contribution in [-0.4, -0.2) is 31.6 Å². The first-order valence-electron chi connectivity index (χ1n) is 5.95. The number of halogens is 1. The van der Waals surface area contributed by atoms with E-state index in [1.807, 2.05) is 0 Å². The fourth-order valence-electron chi connectivity index (χ4n) is 1.95. The van der Waals surface area contributed by atoms with Crippen molar-refractivity contribution in [3.8, 4) is 0 Å². The van der Waals surface area contributed by atoms with Gasteiger partial charge in [-0.25, -0.2) is 4.98 Å². The molecule has 1 heterocycles. The van der Waals surface area contributed by atoms with Crippen molar-refractivity contribution in [1.29, 1.82) is 0 Å². The number of rotatable bonds is 4. The van der Waals surface area contributed by atoms with Crippen molar-refractivity contribution in [3.05, 3.63) is 39.9 Å². The van der Waals surface area contributed by atoms with E-state index in [9.17, 15) is 15.0 Å². The van der Waals surface area contributed by atoms with Crippen LogP contribution in [0.25, 0.3) is 10.9 Å². The number of aliphatic hydroxyl groups excluding tert-OH is 2. The van der Waals surface area contributed by atoms with Gasteiger partial charge < -0.3 is 15.2 Å². The second kappa shape index (κ2) is 5.81. The van der Waals surface area contributed by atoms with Crippen molar-refractivity contribution in [2.45, 2.75) is 25.6 Å². The van der Waals surface area contributed by atoms with Gasteiger partial charge >= 0.3 is 0 Å². The summed E-state index contributed by atoms with van der Waals surface area (Å²) in [6.07, 6.45) is -1.45. The Balaban J connectivity index is 2.44. The van der Waals surface area contributed by atoms with Gasteiger partial charge in [0, 0.05) is 5.33 Å². The minimum Gasteiger partial charge on any atom is -0.390 e. The van der Waals surface area contributed by atoms with Crippen LogP contribution in [0.15, 0.2) is 23.0 Å². The first-order valence-corrected chi connectivity index (χ1v) is 7.07. The molecule has 2 atom stereocenters. The number of nitrogens with zero attached hydrogens (tertiary/aromatic N) is 1. The number of fused-ring (bicyclic) bond motifs is 1. The van der Waals surface area contributed by atoms with Gasteiger partial charge in [0.25, 0.3) is 5.56 Å². The standard InChI is InChI=1S/C13H15BrN2O3/c1-7-15-10-3-2-8(6-9(10)13(19)16-7)12(18)11(17)4-5-14/h2-3,6,11-12,17-18H,4-5H2,1H3,(H,15,16,19). The van der Waals surface area contributed by atoms with Gasteiger partial charge in [-0.2, -0.15) is 0 Å². The summed E-state index contributed by atoms with van der Waals surface area (Å²) in [6.45, 7) is 1.71. The molecule has 0 aliphatic heterocycles. The molecule has 2 unspecified atom stereocenters. The highest BCUT2D eigenvalue weighted by atomic mass is 79.9. The third-order valence-electron chi connectivity index (χ3n) is 2.96. The maximum Gasteiger partial charge on any atom is 0.258 e. The summed E-state index contributed by atoms with van der Waals surface area (Å²) in [5, 5.41) is 20.8. The smallest absolute Gasteiger partial charge is 0.258 e. The van der Waals surface area contributed by atoms with E-state index < -0.39 is 12.2 Å². The Morgan fingerprint density at radius 1 is 1.42 bits per heavy atom. The van der Waals surface area contributed by atoms with E-state index in [0.717, 1.165) is 0 Å². The highest BCUT2D eigenvalue weighted by Crippen LogP contribution is 2.22. The molecule has 5 nitrogen and oxygen atoms in total. The Kier molecular flexibility index (Phi) is 4.34. The Labute approximate surface area is 118 Å². The SMILES string of the molecule is Cc1nc2ccc(C(O)C(O)CCBr)cc2c(=O)[nH]1. The molecule has 0 amide bonds. The number of aromatic nitrogens is 2. The summed E-state index contributed by atoms with van der Waals surface area (Å²) >= 11 is 3.21. The molecule has 102 valence electrons. The van der Waals surface area contributed by atoms with Gasteiger partial charge in [0.05, 0.1) is 17.0 Å². The zero-order valence-corrected chi connectivity index (χ0v) is 12.0. The summed E-state index contributed by atoms with van der Waals surface area (Å²) in [4.78, 5) is 18.6. The Bertz CT molecular complexity index is 641. The van der Waals surface area contributed by atoms with E-state index in [0.29, 0.717) is 34.0 Å². The van der Waals surface area contributed by atoms with E-state index in [-0.39, 0.29) is 5.56 Å². The van der Waals surface area contributed by atoms with Crippen molar-refractivity contribution < 1.29 is 10.2 Å². The molecule has 0 aliphatic rings. The number of aryl methyl sites for hydroxylation is 1. The van der Waals surface area contributed by atoms with Crippen molar-refractivity contribution >= 4 is 26.8 Å². The lowest BCUT2D eigenvalue weighted by atomic mass is 10.0. The predicted octanol–water partition coefficient (Wildman–Crippen LogP) is 1.41.